The molecule has 176 valence electrons. The molecule has 0 fully saturated rings. The Hall–Kier alpha value is -3.63. The Kier molecular flexibility index (Phi) is 6.33. The lowest BCUT2D eigenvalue weighted by molar-refractivity contribution is 0.156. The average Bonchev–Trinajstić information content (AvgIpc) is 3.50. The van der Waals surface area contributed by atoms with Crippen LogP contribution in [0.3, 0.4) is 0 Å². The normalized spacial score (nSPS) is 17.6. The summed E-state index contributed by atoms with van der Waals surface area (Å²) >= 11 is 0. The molecule has 0 bridgehead atoms. The Balaban J connectivity index is 1.40. The van der Waals surface area contributed by atoms with Gasteiger partial charge in [-0.25, -0.2) is 0 Å². The number of fused-ring (bicyclic) bond motifs is 3. The molecule has 3 aromatic rings. The molecule has 2 unspecified atom stereocenters. The zero-order valence-corrected chi connectivity index (χ0v) is 19.3. The monoisotopic (exact) mass is 462 g/mol. The molecule has 5 rings (SSSR count). The fourth-order valence-corrected chi connectivity index (χ4v) is 4.05. The Morgan fingerprint density at radius 2 is 2.09 bits per heavy atom. The minimum atomic E-state index is -0.00525. The van der Waals surface area contributed by atoms with Crippen molar-refractivity contribution in [3.05, 3.63) is 71.0 Å². The van der Waals surface area contributed by atoms with Crippen LogP contribution in [0.15, 0.2) is 57.8 Å². The van der Waals surface area contributed by atoms with Gasteiger partial charge in [0.2, 0.25) is 11.7 Å². The Labute approximate surface area is 196 Å². The van der Waals surface area contributed by atoms with Gasteiger partial charge in [-0.15, -0.1) is 15.3 Å². The van der Waals surface area contributed by atoms with Crippen LogP contribution in [-0.4, -0.2) is 51.7 Å². The van der Waals surface area contributed by atoms with Gasteiger partial charge in [-0.05, 0) is 18.1 Å². The van der Waals surface area contributed by atoms with E-state index in [4.69, 9.17) is 23.8 Å². The number of nitrogens with zero attached hydrogens (tertiary/aromatic N) is 6. The summed E-state index contributed by atoms with van der Waals surface area (Å²) in [5, 5.41) is 17.6. The predicted octanol–water partition coefficient (Wildman–Crippen LogP) is 3.59. The molecule has 0 radical (unpaired) electrons. The Morgan fingerprint density at radius 1 is 1.18 bits per heavy atom. The molecular formula is C24H26N6O4. The molecule has 10 nitrogen and oxygen atoms in total. The molecule has 2 aliphatic rings. The van der Waals surface area contributed by atoms with E-state index in [2.05, 4.69) is 39.4 Å². The summed E-state index contributed by atoms with van der Waals surface area (Å²) in [6, 6.07) is 5.81. The fourth-order valence-electron chi connectivity index (χ4n) is 4.05. The van der Waals surface area contributed by atoms with E-state index in [1.165, 1.54) is 0 Å². The van der Waals surface area contributed by atoms with E-state index in [9.17, 15) is 0 Å². The van der Waals surface area contributed by atoms with Crippen molar-refractivity contribution in [2.45, 2.75) is 38.4 Å². The number of hydrogen-bond acceptors (Lipinski definition) is 9. The van der Waals surface area contributed by atoms with Gasteiger partial charge in [0.05, 0.1) is 18.2 Å². The Morgan fingerprint density at radius 3 is 2.88 bits per heavy atom. The van der Waals surface area contributed by atoms with E-state index in [-0.39, 0.29) is 11.8 Å². The molecule has 0 saturated heterocycles. The van der Waals surface area contributed by atoms with E-state index < -0.39 is 0 Å². The zero-order chi connectivity index (χ0) is 23.5. The van der Waals surface area contributed by atoms with Gasteiger partial charge in [0, 0.05) is 38.0 Å². The maximum absolute atomic E-state index is 6.17. The van der Waals surface area contributed by atoms with Gasteiger partial charge in [0.25, 0.3) is 0 Å². The molecule has 0 spiro atoms. The number of allylic oxidation sites excluding steroid dienone is 3. The molecule has 10 heteroatoms. The van der Waals surface area contributed by atoms with Crippen LogP contribution in [0.4, 0.5) is 0 Å². The van der Waals surface area contributed by atoms with Crippen molar-refractivity contribution in [2.75, 3.05) is 20.8 Å². The molecule has 0 amide bonds. The van der Waals surface area contributed by atoms with Crippen LogP contribution in [0.5, 0.6) is 0 Å². The molecule has 2 atom stereocenters. The molecular weight excluding hydrogens is 436 g/mol. The first kappa shape index (κ1) is 22.2. The van der Waals surface area contributed by atoms with Gasteiger partial charge >= 0.3 is 0 Å². The summed E-state index contributed by atoms with van der Waals surface area (Å²) in [6.07, 6.45) is 8.78. The highest BCUT2D eigenvalue weighted by molar-refractivity contribution is 5.96. The predicted molar refractivity (Wildman–Crippen MR) is 123 cm³/mol. The maximum atomic E-state index is 6.17. The molecule has 1 aliphatic carbocycles. The van der Waals surface area contributed by atoms with E-state index >= 15 is 0 Å². The third-order valence-electron chi connectivity index (χ3n) is 5.84. The molecule has 4 heterocycles. The number of hydrogen-bond donors (Lipinski definition) is 0. The minimum Gasteiger partial charge on any atom is -0.470 e. The highest BCUT2D eigenvalue weighted by Crippen LogP contribution is 2.36. The topological polar surface area (TPSA) is 110 Å². The van der Waals surface area contributed by atoms with Crippen molar-refractivity contribution in [1.29, 1.82) is 0 Å². The molecule has 34 heavy (non-hydrogen) atoms. The summed E-state index contributed by atoms with van der Waals surface area (Å²) in [6.45, 7) is 3.37. The lowest BCUT2D eigenvalue weighted by Gasteiger charge is -2.26. The molecule has 0 N–H and O–H groups in total. The summed E-state index contributed by atoms with van der Waals surface area (Å²) in [4.78, 5) is 4.56. The van der Waals surface area contributed by atoms with Gasteiger partial charge in [-0.1, -0.05) is 36.4 Å². The number of pyridine rings is 1. The summed E-state index contributed by atoms with van der Waals surface area (Å²) in [5.74, 6) is 2.62. The summed E-state index contributed by atoms with van der Waals surface area (Å²) in [5.41, 5.74) is 3.45. The van der Waals surface area contributed by atoms with Crippen molar-refractivity contribution in [3.8, 4) is 11.5 Å². The highest BCUT2D eigenvalue weighted by atomic mass is 16.5. The smallest absolute Gasteiger partial charge is 0.236 e. The SMILES string of the molecule is COCc1cc(-c2nnc3n2N=C(OCc2ccc(C(C)COC)cn2)C2=CC=CCC23)no1. The lowest BCUT2D eigenvalue weighted by atomic mass is 9.90. The summed E-state index contributed by atoms with van der Waals surface area (Å²) < 4.78 is 23.5. The fraction of sp³-hybridized carbons (Fsp3) is 0.375. The number of methoxy groups -OCH3 is 2. The first-order valence-corrected chi connectivity index (χ1v) is 11.1. The lowest BCUT2D eigenvalue weighted by Crippen LogP contribution is -2.25. The van der Waals surface area contributed by atoms with Gasteiger partial charge in [0.15, 0.2) is 17.3 Å². The Bertz CT molecular complexity index is 1240. The van der Waals surface area contributed by atoms with E-state index in [0.717, 1.165) is 29.1 Å². The van der Waals surface area contributed by atoms with Crippen LogP contribution in [0, 0.1) is 0 Å². The third-order valence-corrected chi connectivity index (χ3v) is 5.84. The second kappa shape index (κ2) is 9.70. The van der Waals surface area contributed by atoms with Crippen LogP contribution < -0.4 is 0 Å². The first-order chi connectivity index (χ1) is 16.7. The second-order valence-electron chi connectivity index (χ2n) is 8.28. The molecule has 1 aliphatic heterocycles. The minimum absolute atomic E-state index is 0.00525. The van der Waals surface area contributed by atoms with Crippen LogP contribution in [-0.2, 0) is 27.4 Å². The number of ether oxygens (including phenoxy) is 3. The number of aromatic nitrogens is 5. The van der Waals surface area contributed by atoms with E-state index in [1.807, 2.05) is 24.4 Å². The van der Waals surface area contributed by atoms with Crippen molar-refractivity contribution < 1.29 is 18.7 Å². The quantitative estimate of drug-likeness (QED) is 0.500. The maximum Gasteiger partial charge on any atom is 0.236 e. The van der Waals surface area contributed by atoms with E-state index in [0.29, 0.717) is 43.0 Å². The second-order valence-corrected chi connectivity index (χ2v) is 8.28. The van der Waals surface area contributed by atoms with E-state index in [1.54, 1.807) is 25.0 Å². The van der Waals surface area contributed by atoms with Crippen LogP contribution in [0.1, 0.15) is 48.0 Å². The van der Waals surface area contributed by atoms with Gasteiger partial charge in [-0.3, -0.25) is 4.98 Å². The van der Waals surface area contributed by atoms with Crippen molar-refractivity contribution in [2.24, 2.45) is 5.10 Å². The van der Waals surface area contributed by atoms with Crippen molar-refractivity contribution >= 4 is 5.90 Å². The van der Waals surface area contributed by atoms with Gasteiger partial charge in [-0.2, -0.15) is 4.68 Å². The summed E-state index contributed by atoms with van der Waals surface area (Å²) in [7, 11) is 3.30. The van der Waals surface area contributed by atoms with Crippen molar-refractivity contribution in [3.63, 3.8) is 0 Å². The largest absolute Gasteiger partial charge is 0.470 e. The average molecular weight is 463 g/mol. The van der Waals surface area contributed by atoms with Crippen LogP contribution in [0.25, 0.3) is 11.5 Å². The van der Waals surface area contributed by atoms with Gasteiger partial charge < -0.3 is 18.7 Å². The third kappa shape index (κ3) is 4.29. The van der Waals surface area contributed by atoms with Crippen molar-refractivity contribution in [1.82, 2.24) is 25.0 Å². The number of rotatable bonds is 8. The first-order valence-electron chi connectivity index (χ1n) is 11.1. The molecule has 3 aromatic heterocycles. The van der Waals surface area contributed by atoms with Crippen LogP contribution >= 0.6 is 0 Å². The highest BCUT2D eigenvalue weighted by Gasteiger charge is 2.34. The van der Waals surface area contributed by atoms with Crippen LogP contribution in [0.2, 0.25) is 0 Å². The standard InChI is InChI=1S/C24H26N6O4/c1-15(12-31-2)16-8-9-17(25-11-16)13-33-24-20-7-5-4-6-19(20)22-26-27-23(30(22)28-24)21-10-18(14-32-3)34-29-21/h4-5,7-11,15,19H,6,12-14H2,1-3H3. The zero-order valence-electron chi connectivity index (χ0n) is 19.3. The molecule has 0 aromatic carbocycles. The molecule has 0 saturated carbocycles. The van der Waals surface area contributed by atoms with Gasteiger partial charge in [0.1, 0.15) is 13.2 Å².